The quantitative estimate of drug-likeness (QED) is 0.413. The zero-order valence-electron chi connectivity index (χ0n) is 19.8. The molecule has 2 aromatic rings. The highest BCUT2D eigenvalue weighted by Crippen LogP contribution is 2.31. The largest absolute Gasteiger partial charge is 0.352 e. The Morgan fingerprint density at radius 1 is 1.00 bits per heavy atom. The van der Waals surface area contributed by atoms with Crippen LogP contribution in [0.4, 0.5) is 5.69 Å². The summed E-state index contributed by atoms with van der Waals surface area (Å²) >= 11 is 24.7. The lowest BCUT2D eigenvalue weighted by Gasteiger charge is -2.32. The third-order valence-corrected chi connectivity index (χ3v) is 8.35. The maximum atomic E-state index is 13.6. The predicted octanol–water partition coefficient (Wildman–Crippen LogP) is 5.54. The standard InChI is InChI=1S/C24H27Cl4N3O4S/c1-15(24(33)29-19-5-3-4-6-19)30(13-16-7-8-17(25)11-21(16)28)23(32)14-31(36(2,34)35)22-12-18(26)9-10-20(22)27/h7-12,15,19H,3-6,13-14H2,1-2H3,(H,29,33)/t15-/m0/s1. The fourth-order valence-corrected chi connectivity index (χ4v) is 5.84. The summed E-state index contributed by atoms with van der Waals surface area (Å²) in [6, 6.07) is 8.31. The molecule has 0 bridgehead atoms. The minimum atomic E-state index is -3.94. The Labute approximate surface area is 231 Å². The summed E-state index contributed by atoms with van der Waals surface area (Å²) in [5, 5.41) is 4.11. The van der Waals surface area contributed by atoms with Gasteiger partial charge in [-0.05, 0) is 55.7 Å². The zero-order valence-corrected chi connectivity index (χ0v) is 23.6. The first kappa shape index (κ1) is 28.9. The van der Waals surface area contributed by atoms with Crippen molar-refractivity contribution in [2.75, 3.05) is 17.1 Å². The lowest BCUT2D eigenvalue weighted by atomic mass is 10.1. The van der Waals surface area contributed by atoms with Gasteiger partial charge in [-0.15, -0.1) is 0 Å². The highest BCUT2D eigenvalue weighted by atomic mass is 35.5. The van der Waals surface area contributed by atoms with Crippen LogP contribution in [0, 0.1) is 0 Å². The molecule has 2 aromatic carbocycles. The van der Waals surface area contributed by atoms with Crippen LogP contribution in [0.5, 0.6) is 0 Å². The summed E-state index contributed by atoms with van der Waals surface area (Å²) in [7, 11) is -3.94. The van der Waals surface area contributed by atoms with Crippen molar-refractivity contribution in [1.29, 1.82) is 0 Å². The van der Waals surface area contributed by atoms with Crippen LogP contribution in [-0.2, 0) is 26.2 Å². The van der Waals surface area contributed by atoms with Crippen molar-refractivity contribution < 1.29 is 18.0 Å². The van der Waals surface area contributed by atoms with Gasteiger partial charge in [0.25, 0.3) is 0 Å². The first-order chi connectivity index (χ1) is 16.9. The van der Waals surface area contributed by atoms with Crippen LogP contribution >= 0.6 is 46.4 Å². The van der Waals surface area contributed by atoms with Gasteiger partial charge in [0.1, 0.15) is 12.6 Å². The van der Waals surface area contributed by atoms with Gasteiger partial charge in [-0.1, -0.05) is 65.3 Å². The molecule has 0 heterocycles. The Morgan fingerprint density at radius 3 is 2.22 bits per heavy atom. The van der Waals surface area contributed by atoms with Crippen molar-refractivity contribution in [2.24, 2.45) is 0 Å². The Bertz CT molecular complexity index is 1240. The van der Waals surface area contributed by atoms with E-state index < -0.39 is 28.5 Å². The summed E-state index contributed by atoms with van der Waals surface area (Å²) < 4.78 is 26.2. The normalized spacial score (nSPS) is 14.9. The van der Waals surface area contributed by atoms with E-state index in [-0.39, 0.29) is 34.2 Å². The SMILES string of the molecule is C[C@@H](C(=O)NC1CCCC1)N(Cc1ccc(Cl)cc1Cl)C(=O)CN(c1cc(Cl)ccc1Cl)S(C)(=O)=O. The first-order valence-electron chi connectivity index (χ1n) is 11.3. The van der Waals surface area contributed by atoms with Crippen LogP contribution in [0.25, 0.3) is 0 Å². The van der Waals surface area contributed by atoms with Crippen molar-refractivity contribution in [3.05, 3.63) is 62.1 Å². The van der Waals surface area contributed by atoms with E-state index in [2.05, 4.69) is 5.32 Å². The molecule has 196 valence electrons. The van der Waals surface area contributed by atoms with E-state index in [1.54, 1.807) is 25.1 Å². The van der Waals surface area contributed by atoms with Gasteiger partial charge < -0.3 is 10.2 Å². The summed E-state index contributed by atoms with van der Waals surface area (Å²) in [5.41, 5.74) is 0.620. The van der Waals surface area contributed by atoms with Crippen molar-refractivity contribution in [1.82, 2.24) is 10.2 Å². The van der Waals surface area contributed by atoms with Crippen LogP contribution in [0.1, 0.15) is 38.2 Å². The second-order valence-electron chi connectivity index (χ2n) is 8.79. The molecule has 36 heavy (non-hydrogen) atoms. The van der Waals surface area contributed by atoms with E-state index in [1.807, 2.05) is 0 Å². The minimum absolute atomic E-state index is 0.0328. The van der Waals surface area contributed by atoms with Crippen LogP contribution in [-0.4, -0.2) is 50.0 Å². The second kappa shape index (κ2) is 12.2. The number of sulfonamides is 1. The average Bonchev–Trinajstić information content (AvgIpc) is 3.30. The van der Waals surface area contributed by atoms with E-state index in [4.69, 9.17) is 46.4 Å². The molecule has 0 saturated heterocycles. The van der Waals surface area contributed by atoms with Crippen molar-refractivity contribution >= 4 is 73.9 Å². The molecule has 2 amide bonds. The molecule has 0 aliphatic heterocycles. The Kier molecular flexibility index (Phi) is 9.80. The summed E-state index contributed by atoms with van der Waals surface area (Å²) in [5.74, 6) is -0.941. The van der Waals surface area contributed by atoms with E-state index in [9.17, 15) is 18.0 Å². The molecule has 12 heteroatoms. The van der Waals surface area contributed by atoms with Gasteiger partial charge in [-0.2, -0.15) is 0 Å². The zero-order chi connectivity index (χ0) is 26.6. The number of nitrogens with zero attached hydrogens (tertiary/aromatic N) is 2. The number of benzene rings is 2. The van der Waals surface area contributed by atoms with Gasteiger partial charge in [0.05, 0.1) is 17.0 Å². The number of nitrogens with one attached hydrogen (secondary N) is 1. The van der Waals surface area contributed by atoms with Gasteiger partial charge >= 0.3 is 0 Å². The van der Waals surface area contributed by atoms with Crippen LogP contribution in [0.15, 0.2) is 36.4 Å². The monoisotopic (exact) mass is 593 g/mol. The van der Waals surface area contributed by atoms with E-state index in [1.165, 1.54) is 23.1 Å². The summed E-state index contributed by atoms with van der Waals surface area (Å²) in [6.07, 6.45) is 4.79. The molecule has 0 unspecified atom stereocenters. The smallest absolute Gasteiger partial charge is 0.244 e. The highest BCUT2D eigenvalue weighted by molar-refractivity contribution is 7.92. The molecule has 1 saturated carbocycles. The molecule has 1 aliphatic carbocycles. The Morgan fingerprint density at radius 2 is 1.61 bits per heavy atom. The lowest BCUT2D eigenvalue weighted by Crippen LogP contribution is -2.52. The minimum Gasteiger partial charge on any atom is -0.352 e. The fraction of sp³-hybridized carbons (Fsp3) is 0.417. The van der Waals surface area contributed by atoms with Crippen molar-refractivity contribution in [3.8, 4) is 0 Å². The number of hydrogen-bond acceptors (Lipinski definition) is 4. The Hall–Kier alpha value is -1.71. The molecule has 1 aliphatic rings. The van der Waals surface area contributed by atoms with E-state index in [0.29, 0.717) is 15.6 Å². The maximum absolute atomic E-state index is 13.6. The van der Waals surface area contributed by atoms with Crippen molar-refractivity contribution in [3.63, 3.8) is 0 Å². The molecule has 0 radical (unpaired) electrons. The van der Waals surface area contributed by atoms with Gasteiger partial charge in [-0.3, -0.25) is 13.9 Å². The van der Waals surface area contributed by atoms with E-state index >= 15 is 0 Å². The number of halogens is 4. The number of carbonyl (C=O) groups is 2. The summed E-state index contributed by atoms with van der Waals surface area (Å²) in [4.78, 5) is 28.0. The van der Waals surface area contributed by atoms with Crippen LogP contribution in [0.2, 0.25) is 20.1 Å². The molecular weight excluding hydrogens is 568 g/mol. The Balaban J connectivity index is 1.94. The summed E-state index contributed by atoms with van der Waals surface area (Å²) in [6.45, 7) is 0.975. The molecule has 3 rings (SSSR count). The van der Waals surface area contributed by atoms with E-state index in [0.717, 1.165) is 36.2 Å². The topological polar surface area (TPSA) is 86.8 Å². The second-order valence-corrected chi connectivity index (χ2v) is 12.4. The first-order valence-corrected chi connectivity index (χ1v) is 14.7. The number of anilines is 1. The van der Waals surface area contributed by atoms with Crippen LogP contribution < -0.4 is 9.62 Å². The number of rotatable bonds is 9. The van der Waals surface area contributed by atoms with Crippen LogP contribution in [0.3, 0.4) is 0 Å². The predicted molar refractivity (Wildman–Crippen MR) is 146 cm³/mol. The molecule has 0 aromatic heterocycles. The lowest BCUT2D eigenvalue weighted by molar-refractivity contribution is -0.139. The third kappa shape index (κ3) is 7.42. The molecular formula is C24H27Cl4N3O4S. The number of amides is 2. The fourth-order valence-electron chi connectivity index (χ4n) is 4.08. The number of carbonyl (C=O) groups excluding carboxylic acids is 2. The van der Waals surface area contributed by atoms with Gasteiger partial charge in [-0.25, -0.2) is 8.42 Å². The maximum Gasteiger partial charge on any atom is 0.244 e. The third-order valence-electron chi connectivity index (χ3n) is 6.08. The van der Waals surface area contributed by atoms with Gasteiger partial charge in [0, 0.05) is 27.7 Å². The highest BCUT2D eigenvalue weighted by Gasteiger charge is 2.32. The molecule has 1 fully saturated rings. The van der Waals surface area contributed by atoms with Gasteiger partial charge in [0.15, 0.2) is 0 Å². The molecule has 1 N–H and O–H groups in total. The molecule has 1 atom stereocenters. The molecule has 7 nitrogen and oxygen atoms in total. The number of hydrogen-bond donors (Lipinski definition) is 1. The van der Waals surface area contributed by atoms with Gasteiger partial charge in [0.2, 0.25) is 21.8 Å². The average molecular weight is 595 g/mol. The van der Waals surface area contributed by atoms with Crippen molar-refractivity contribution in [2.45, 2.75) is 51.2 Å². The molecule has 0 spiro atoms.